The van der Waals surface area contributed by atoms with Gasteiger partial charge in [0, 0.05) is 41.7 Å². The van der Waals surface area contributed by atoms with Gasteiger partial charge in [-0.25, -0.2) is 4.79 Å². The average molecular weight is 543 g/mol. The van der Waals surface area contributed by atoms with Crippen molar-refractivity contribution in [3.8, 4) is 16.3 Å². The molecule has 9 nitrogen and oxygen atoms in total. The van der Waals surface area contributed by atoms with Gasteiger partial charge in [0.05, 0.1) is 10.6 Å². The highest BCUT2D eigenvalue weighted by Gasteiger charge is 2.16. The predicted octanol–water partition coefficient (Wildman–Crippen LogP) is 6.18. The molecule has 36 heavy (non-hydrogen) atoms. The molecular formula is C24H20Cl2N6O3S. The number of nitrogens with one attached hydrogen (secondary N) is 3. The zero-order valence-corrected chi connectivity index (χ0v) is 21.4. The number of anilines is 4. The standard InChI is InChI=1S/C24H20Cl2N6O3S/c1-32(2)17-8-6-15(7-9-17)27-21(34)13-4-3-5-16(10-13)28-23(35)29-24-31-30-22(36-24)18-11-14(25)12-19(26)20(18)33/h3-12,33H,1-2H3,(H,27,34)(H2,28,29,31,35). The number of hydrogen-bond donors (Lipinski definition) is 4. The molecule has 0 aliphatic carbocycles. The minimum Gasteiger partial charge on any atom is -0.506 e. The van der Waals surface area contributed by atoms with Crippen molar-refractivity contribution in [2.75, 3.05) is 34.9 Å². The van der Waals surface area contributed by atoms with Gasteiger partial charge < -0.3 is 20.6 Å². The van der Waals surface area contributed by atoms with E-state index in [1.165, 1.54) is 12.1 Å². The van der Waals surface area contributed by atoms with Gasteiger partial charge in [0.25, 0.3) is 5.91 Å². The van der Waals surface area contributed by atoms with Crippen molar-refractivity contribution in [1.82, 2.24) is 10.2 Å². The van der Waals surface area contributed by atoms with Gasteiger partial charge in [-0.05, 0) is 54.6 Å². The van der Waals surface area contributed by atoms with Crippen molar-refractivity contribution >= 4 is 68.7 Å². The first-order valence-corrected chi connectivity index (χ1v) is 12.1. The first-order chi connectivity index (χ1) is 17.2. The Bertz CT molecular complexity index is 1430. The van der Waals surface area contributed by atoms with E-state index in [1.54, 1.807) is 24.3 Å². The summed E-state index contributed by atoms with van der Waals surface area (Å²) >= 11 is 13.0. The van der Waals surface area contributed by atoms with Crippen LogP contribution in [0, 0.1) is 0 Å². The van der Waals surface area contributed by atoms with Crippen LogP contribution < -0.4 is 20.9 Å². The summed E-state index contributed by atoms with van der Waals surface area (Å²) in [5, 5.41) is 27.0. The van der Waals surface area contributed by atoms with Crippen LogP contribution in [0.4, 0.5) is 27.0 Å². The molecule has 4 aromatic rings. The topological polar surface area (TPSA) is 119 Å². The SMILES string of the molecule is CN(C)c1ccc(NC(=O)c2cccc(NC(=O)Nc3nnc(-c4cc(Cl)cc(Cl)c4O)s3)c2)cc1. The summed E-state index contributed by atoms with van der Waals surface area (Å²) in [6.07, 6.45) is 0. The van der Waals surface area contributed by atoms with Gasteiger partial charge in [-0.15, -0.1) is 10.2 Å². The van der Waals surface area contributed by atoms with Gasteiger partial charge in [0.1, 0.15) is 5.75 Å². The van der Waals surface area contributed by atoms with Gasteiger partial charge in [-0.1, -0.05) is 40.6 Å². The molecule has 0 bridgehead atoms. The minimum atomic E-state index is -0.581. The van der Waals surface area contributed by atoms with Crippen LogP contribution in [0.2, 0.25) is 10.0 Å². The molecule has 1 heterocycles. The second kappa shape index (κ2) is 10.8. The molecule has 12 heteroatoms. The molecule has 0 radical (unpaired) electrons. The predicted molar refractivity (Wildman–Crippen MR) is 145 cm³/mol. The Morgan fingerprint density at radius 2 is 1.67 bits per heavy atom. The van der Waals surface area contributed by atoms with Gasteiger partial charge >= 0.3 is 6.03 Å². The van der Waals surface area contributed by atoms with E-state index in [9.17, 15) is 14.7 Å². The second-order valence-corrected chi connectivity index (χ2v) is 9.57. The van der Waals surface area contributed by atoms with E-state index >= 15 is 0 Å². The second-order valence-electron chi connectivity index (χ2n) is 7.75. The van der Waals surface area contributed by atoms with Gasteiger partial charge in [-0.3, -0.25) is 10.1 Å². The molecule has 0 saturated heterocycles. The van der Waals surface area contributed by atoms with Crippen molar-refractivity contribution < 1.29 is 14.7 Å². The van der Waals surface area contributed by atoms with Crippen LogP contribution in [0.1, 0.15) is 10.4 Å². The van der Waals surface area contributed by atoms with Crippen LogP contribution in [0.3, 0.4) is 0 Å². The number of aromatic nitrogens is 2. The number of phenols is 1. The number of rotatable bonds is 6. The van der Waals surface area contributed by atoms with E-state index in [0.717, 1.165) is 17.0 Å². The lowest BCUT2D eigenvalue weighted by molar-refractivity contribution is 0.102. The van der Waals surface area contributed by atoms with Crippen molar-refractivity contribution in [2.45, 2.75) is 0 Å². The summed E-state index contributed by atoms with van der Waals surface area (Å²) in [6.45, 7) is 0. The number of nitrogens with zero attached hydrogens (tertiary/aromatic N) is 3. The molecule has 4 rings (SSSR count). The minimum absolute atomic E-state index is 0.0782. The third-order valence-corrected chi connectivity index (χ3v) is 6.31. The largest absolute Gasteiger partial charge is 0.506 e. The van der Waals surface area contributed by atoms with Crippen LogP contribution in [0.25, 0.3) is 10.6 Å². The third-order valence-electron chi connectivity index (χ3n) is 4.93. The number of urea groups is 1. The van der Waals surface area contributed by atoms with Gasteiger partial charge in [-0.2, -0.15) is 0 Å². The molecule has 0 atom stereocenters. The summed E-state index contributed by atoms with van der Waals surface area (Å²) in [5.74, 6) is -0.498. The fourth-order valence-electron chi connectivity index (χ4n) is 3.16. The summed E-state index contributed by atoms with van der Waals surface area (Å²) < 4.78 is 0. The van der Waals surface area contributed by atoms with E-state index in [-0.39, 0.29) is 21.8 Å². The molecule has 0 aliphatic heterocycles. The maximum atomic E-state index is 12.7. The van der Waals surface area contributed by atoms with E-state index in [2.05, 4.69) is 26.1 Å². The average Bonchev–Trinajstić information content (AvgIpc) is 3.29. The molecular weight excluding hydrogens is 523 g/mol. The van der Waals surface area contributed by atoms with Crippen LogP contribution in [-0.4, -0.2) is 41.3 Å². The molecule has 1 aromatic heterocycles. The van der Waals surface area contributed by atoms with Crippen LogP contribution in [0.5, 0.6) is 5.75 Å². The monoisotopic (exact) mass is 542 g/mol. The maximum Gasteiger partial charge on any atom is 0.325 e. The Kier molecular flexibility index (Phi) is 7.58. The highest BCUT2D eigenvalue weighted by Crippen LogP contribution is 2.39. The molecule has 0 spiro atoms. The molecule has 184 valence electrons. The summed E-state index contributed by atoms with van der Waals surface area (Å²) in [5.41, 5.74) is 2.75. The Morgan fingerprint density at radius 3 is 2.39 bits per heavy atom. The zero-order chi connectivity index (χ0) is 25.8. The number of hydrogen-bond acceptors (Lipinski definition) is 7. The third kappa shape index (κ3) is 6.03. The normalized spacial score (nSPS) is 10.6. The number of benzene rings is 3. The molecule has 3 aromatic carbocycles. The van der Waals surface area contributed by atoms with E-state index in [1.807, 2.05) is 43.3 Å². The Hall–Kier alpha value is -3.86. The molecule has 0 fully saturated rings. The fourth-order valence-corrected chi connectivity index (χ4v) is 4.40. The smallest absolute Gasteiger partial charge is 0.325 e. The molecule has 4 N–H and O–H groups in total. The van der Waals surface area contributed by atoms with Gasteiger partial charge in [0.2, 0.25) is 5.13 Å². The Balaban J connectivity index is 1.40. The number of phenolic OH excluding ortho intramolecular Hbond substituents is 1. The lowest BCUT2D eigenvalue weighted by Gasteiger charge is -2.13. The van der Waals surface area contributed by atoms with E-state index in [4.69, 9.17) is 23.2 Å². The van der Waals surface area contributed by atoms with Crippen LogP contribution >= 0.6 is 34.5 Å². The molecule has 0 aliphatic rings. The summed E-state index contributed by atoms with van der Waals surface area (Å²) in [7, 11) is 3.87. The number of amides is 3. The van der Waals surface area contributed by atoms with Crippen molar-refractivity contribution in [3.05, 3.63) is 76.3 Å². The molecule has 3 amide bonds. The summed E-state index contributed by atoms with van der Waals surface area (Å²) in [6, 6.07) is 16.3. The maximum absolute atomic E-state index is 12.7. The highest BCUT2D eigenvalue weighted by molar-refractivity contribution is 7.18. The fraction of sp³-hybridized carbons (Fsp3) is 0.0833. The van der Waals surface area contributed by atoms with Crippen LogP contribution in [0.15, 0.2) is 60.7 Å². The molecule has 0 unspecified atom stereocenters. The number of aromatic hydroxyl groups is 1. The summed E-state index contributed by atoms with van der Waals surface area (Å²) in [4.78, 5) is 27.1. The van der Waals surface area contributed by atoms with Gasteiger partial charge in [0.15, 0.2) is 5.01 Å². The van der Waals surface area contributed by atoms with Crippen molar-refractivity contribution in [2.24, 2.45) is 0 Å². The number of carbonyl (C=O) groups is 2. The Morgan fingerprint density at radius 1 is 0.917 bits per heavy atom. The quantitative estimate of drug-likeness (QED) is 0.231. The highest BCUT2D eigenvalue weighted by atomic mass is 35.5. The lowest BCUT2D eigenvalue weighted by atomic mass is 10.2. The van der Waals surface area contributed by atoms with Crippen molar-refractivity contribution in [3.63, 3.8) is 0 Å². The molecule has 0 saturated carbocycles. The van der Waals surface area contributed by atoms with Crippen LogP contribution in [-0.2, 0) is 0 Å². The first kappa shape index (κ1) is 25.2. The van der Waals surface area contributed by atoms with E-state index < -0.39 is 6.03 Å². The van der Waals surface area contributed by atoms with Crippen molar-refractivity contribution in [1.29, 1.82) is 0 Å². The number of carbonyl (C=O) groups excluding carboxylic acids is 2. The lowest BCUT2D eigenvalue weighted by Crippen LogP contribution is -2.20. The number of halogens is 2. The Labute approximate surface area is 220 Å². The first-order valence-electron chi connectivity index (χ1n) is 10.5. The van der Waals surface area contributed by atoms with E-state index in [0.29, 0.717) is 32.5 Å². The zero-order valence-electron chi connectivity index (χ0n) is 19.0.